The van der Waals surface area contributed by atoms with Crippen LogP contribution in [0.1, 0.15) is 24.4 Å². The first-order valence-electron chi connectivity index (χ1n) is 8.64. The van der Waals surface area contributed by atoms with E-state index < -0.39 is 21.0 Å². The first kappa shape index (κ1) is 19.3. The molecule has 0 amide bonds. The van der Waals surface area contributed by atoms with E-state index in [9.17, 15) is 23.6 Å². The Morgan fingerprint density at radius 1 is 1.15 bits per heavy atom. The largest absolute Gasteiger partial charge is 0.394 e. The Morgan fingerprint density at radius 2 is 1.81 bits per heavy atom. The third kappa shape index (κ3) is 4.10. The second-order valence-corrected chi connectivity index (χ2v) is 8.25. The summed E-state index contributed by atoms with van der Waals surface area (Å²) in [5.74, 6) is 0. The van der Waals surface area contributed by atoms with Gasteiger partial charge < -0.3 is 10.4 Å². The van der Waals surface area contributed by atoms with Crippen molar-refractivity contribution >= 4 is 21.4 Å². The van der Waals surface area contributed by atoms with Gasteiger partial charge in [0.15, 0.2) is 0 Å². The molecule has 27 heavy (non-hydrogen) atoms. The number of sulfonamides is 1. The molecular formula is C18H21N3O5S. The minimum Gasteiger partial charge on any atom is -0.394 e. The standard InChI is InChI=1S/C18H21N3O5S/c22-13-17(14-6-2-1-3-7-14)19-16-9-8-15(21(23)24)12-18(16)27(25,26)20-10-4-5-11-20/h1-3,6-9,12,17,19,22H,4-5,10-11,13H2. The number of hydrogen-bond acceptors (Lipinski definition) is 6. The molecule has 0 aromatic heterocycles. The molecular weight excluding hydrogens is 370 g/mol. The van der Waals surface area contributed by atoms with Crippen LogP contribution >= 0.6 is 0 Å². The van der Waals surface area contributed by atoms with E-state index >= 15 is 0 Å². The lowest BCUT2D eigenvalue weighted by atomic mass is 10.1. The van der Waals surface area contributed by atoms with Gasteiger partial charge in [-0.1, -0.05) is 30.3 Å². The molecule has 2 N–H and O–H groups in total. The molecule has 2 aromatic carbocycles. The van der Waals surface area contributed by atoms with Crippen molar-refractivity contribution in [1.82, 2.24) is 4.31 Å². The van der Waals surface area contributed by atoms with Crippen LogP contribution in [0.5, 0.6) is 0 Å². The number of rotatable bonds is 7. The van der Waals surface area contributed by atoms with Crippen molar-refractivity contribution in [3.63, 3.8) is 0 Å². The second-order valence-electron chi connectivity index (χ2n) is 6.34. The van der Waals surface area contributed by atoms with Crippen LogP contribution in [-0.4, -0.2) is 42.4 Å². The molecule has 1 aliphatic heterocycles. The molecule has 1 unspecified atom stereocenters. The highest BCUT2D eigenvalue weighted by Crippen LogP contribution is 2.32. The molecule has 0 radical (unpaired) electrons. The summed E-state index contributed by atoms with van der Waals surface area (Å²) >= 11 is 0. The maximum absolute atomic E-state index is 13.0. The van der Waals surface area contributed by atoms with Gasteiger partial charge in [-0.2, -0.15) is 4.31 Å². The Labute approximate surface area is 157 Å². The van der Waals surface area contributed by atoms with E-state index in [-0.39, 0.29) is 22.9 Å². The summed E-state index contributed by atoms with van der Waals surface area (Å²) in [4.78, 5) is 10.4. The van der Waals surface area contributed by atoms with E-state index in [0.717, 1.165) is 24.5 Å². The maximum Gasteiger partial charge on any atom is 0.270 e. The molecule has 3 rings (SSSR count). The summed E-state index contributed by atoms with van der Waals surface area (Å²) in [6.45, 7) is 0.531. The van der Waals surface area contributed by atoms with Crippen LogP contribution < -0.4 is 5.32 Å². The number of benzene rings is 2. The van der Waals surface area contributed by atoms with Crippen LogP contribution in [0.3, 0.4) is 0 Å². The fourth-order valence-electron chi connectivity index (χ4n) is 3.13. The van der Waals surface area contributed by atoms with Gasteiger partial charge in [0.05, 0.1) is 23.3 Å². The fraction of sp³-hybridized carbons (Fsp3) is 0.333. The summed E-state index contributed by atoms with van der Waals surface area (Å²) in [5, 5.41) is 23.9. The van der Waals surface area contributed by atoms with E-state index in [1.807, 2.05) is 30.3 Å². The predicted molar refractivity (Wildman–Crippen MR) is 101 cm³/mol. The summed E-state index contributed by atoms with van der Waals surface area (Å²) in [6.07, 6.45) is 1.53. The molecule has 144 valence electrons. The zero-order valence-electron chi connectivity index (χ0n) is 14.6. The molecule has 0 spiro atoms. The van der Waals surface area contributed by atoms with Gasteiger partial charge >= 0.3 is 0 Å². The fourth-order valence-corrected chi connectivity index (χ4v) is 4.82. The van der Waals surface area contributed by atoms with Crippen molar-refractivity contribution < 1.29 is 18.4 Å². The molecule has 9 heteroatoms. The number of hydrogen-bond donors (Lipinski definition) is 2. The van der Waals surface area contributed by atoms with Gasteiger partial charge in [-0.05, 0) is 24.5 Å². The van der Waals surface area contributed by atoms with Crippen molar-refractivity contribution in [1.29, 1.82) is 0 Å². The van der Waals surface area contributed by atoms with E-state index in [4.69, 9.17) is 0 Å². The molecule has 1 aliphatic rings. The number of nitro groups is 1. The summed E-state index contributed by atoms with van der Waals surface area (Å²) in [6, 6.07) is 12.3. The Balaban J connectivity index is 2.02. The number of aliphatic hydroxyl groups excluding tert-OH is 1. The van der Waals surface area contributed by atoms with Crippen LogP contribution in [0.4, 0.5) is 11.4 Å². The van der Waals surface area contributed by atoms with Crippen molar-refractivity contribution in [2.45, 2.75) is 23.8 Å². The Morgan fingerprint density at radius 3 is 2.41 bits per heavy atom. The first-order chi connectivity index (χ1) is 12.9. The lowest BCUT2D eigenvalue weighted by Gasteiger charge is -2.22. The minimum atomic E-state index is -3.88. The molecule has 1 heterocycles. The summed E-state index contributed by atoms with van der Waals surface area (Å²) in [7, 11) is -3.88. The van der Waals surface area contributed by atoms with Gasteiger partial charge in [-0.25, -0.2) is 8.42 Å². The third-order valence-corrected chi connectivity index (χ3v) is 6.51. The van der Waals surface area contributed by atoms with Crippen LogP contribution in [-0.2, 0) is 10.0 Å². The van der Waals surface area contributed by atoms with Crippen LogP contribution in [0.2, 0.25) is 0 Å². The highest BCUT2D eigenvalue weighted by atomic mass is 32.2. The highest BCUT2D eigenvalue weighted by molar-refractivity contribution is 7.89. The Kier molecular flexibility index (Phi) is 5.73. The average molecular weight is 391 g/mol. The predicted octanol–water partition coefficient (Wildman–Crippen LogP) is 2.52. The number of nitro benzene ring substituents is 1. The Hall–Kier alpha value is -2.49. The van der Waals surface area contributed by atoms with Crippen molar-refractivity contribution in [3.8, 4) is 0 Å². The van der Waals surface area contributed by atoms with Gasteiger partial charge in [0.1, 0.15) is 4.90 Å². The number of nitrogens with zero attached hydrogens (tertiary/aromatic N) is 2. The normalized spacial score (nSPS) is 16.2. The Bertz CT molecular complexity index is 912. The summed E-state index contributed by atoms with van der Waals surface area (Å²) < 4.78 is 27.4. The van der Waals surface area contributed by atoms with Gasteiger partial charge in [0, 0.05) is 25.2 Å². The van der Waals surface area contributed by atoms with Gasteiger partial charge in [-0.3, -0.25) is 10.1 Å². The third-order valence-electron chi connectivity index (χ3n) is 4.57. The first-order valence-corrected chi connectivity index (χ1v) is 10.1. The highest BCUT2D eigenvalue weighted by Gasteiger charge is 2.31. The van der Waals surface area contributed by atoms with Gasteiger partial charge in [0.25, 0.3) is 5.69 Å². The quantitative estimate of drug-likeness (QED) is 0.554. The maximum atomic E-state index is 13.0. The number of aliphatic hydroxyl groups is 1. The van der Waals surface area contributed by atoms with Crippen molar-refractivity contribution in [3.05, 3.63) is 64.2 Å². The number of nitrogens with one attached hydrogen (secondary N) is 1. The van der Waals surface area contributed by atoms with E-state index in [1.54, 1.807) is 0 Å². The van der Waals surface area contributed by atoms with E-state index in [0.29, 0.717) is 13.1 Å². The average Bonchev–Trinajstić information content (AvgIpc) is 3.22. The number of anilines is 1. The van der Waals surface area contributed by atoms with Gasteiger partial charge in [0.2, 0.25) is 10.0 Å². The van der Waals surface area contributed by atoms with E-state index in [1.165, 1.54) is 16.4 Å². The molecule has 0 aliphatic carbocycles. The summed E-state index contributed by atoms with van der Waals surface area (Å²) in [5.41, 5.74) is 0.719. The van der Waals surface area contributed by atoms with Crippen molar-refractivity contribution in [2.24, 2.45) is 0 Å². The van der Waals surface area contributed by atoms with Crippen LogP contribution in [0, 0.1) is 10.1 Å². The molecule has 2 aromatic rings. The lowest BCUT2D eigenvalue weighted by Crippen LogP contribution is -2.29. The minimum absolute atomic E-state index is 0.145. The molecule has 1 saturated heterocycles. The second kappa shape index (κ2) is 8.03. The lowest BCUT2D eigenvalue weighted by molar-refractivity contribution is -0.385. The molecule has 0 bridgehead atoms. The topological polar surface area (TPSA) is 113 Å². The van der Waals surface area contributed by atoms with Gasteiger partial charge in [-0.15, -0.1) is 0 Å². The smallest absolute Gasteiger partial charge is 0.270 e. The number of non-ortho nitro benzene ring substituents is 1. The molecule has 8 nitrogen and oxygen atoms in total. The molecule has 1 fully saturated rings. The molecule has 1 atom stereocenters. The molecule has 0 saturated carbocycles. The van der Waals surface area contributed by atoms with Crippen LogP contribution in [0.25, 0.3) is 0 Å². The zero-order valence-corrected chi connectivity index (χ0v) is 15.4. The van der Waals surface area contributed by atoms with Crippen molar-refractivity contribution in [2.75, 3.05) is 25.0 Å². The zero-order chi connectivity index (χ0) is 19.4. The monoisotopic (exact) mass is 391 g/mol. The SMILES string of the molecule is O=[N+]([O-])c1ccc(NC(CO)c2ccccc2)c(S(=O)(=O)N2CCCC2)c1. The van der Waals surface area contributed by atoms with E-state index in [2.05, 4.69) is 5.32 Å². The van der Waals surface area contributed by atoms with Crippen LogP contribution in [0.15, 0.2) is 53.4 Å².